The molecule has 2 aromatic rings. The third-order valence-corrected chi connectivity index (χ3v) is 7.03. The van der Waals surface area contributed by atoms with Crippen LogP contribution in [0.15, 0.2) is 30.3 Å². The minimum Gasteiger partial charge on any atom is -0.508 e. The summed E-state index contributed by atoms with van der Waals surface area (Å²) in [6, 6.07) is 9.88. The lowest BCUT2D eigenvalue weighted by Crippen LogP contribution is -2.47. The van der Waals surface area contributed by atoms with E-state index in [4.69, 9.17) is 10.5 Å². The molecule has 0 saturated heterocycles. The SMILES string of the molecule is Cc1cc(O)c(C)c(C)c1OC[Si](C)(C)c1ccc(N)cc1. The molecule has 0 radical (unpaired) electrons. The van der Waals surface area contributed by atoms with Gasteiger partial charge in [0.1, 0.15) is 19.6 Å². The van der Waals surface area contributed by atoms with Crippen LogP contribution in [0.5, 0.6) is 11.5 Å². The van der Waals surface area contributed by atoms with Crippen LogP contribution in [0.25, 0.3) is 0 Å². The maximum absolute atomic E-state index is 9.88. The number of benzene rings is 2. The average Bonchev–Trinajstić information content (AvgIpc) is 2.45. The summed E-state index contributed by atoms with van der Waals surface area (Å²) in [7, 11) is -1.70. The van der Waals surface area contributed by atoms with Crippen molar-refractivity contribution in [3.8, 4) is 11.5 Å². The van der Waals surface area contributed by atoms with Gasteiger partial charge in [-0.05, 0) is 55.7 Å². The molecule has 0 aliphatic heterocycles. The first-order valence-electron chi connectivity index (χ1n) is 7.51. The van der Waals surface area contributed by atoms with Crippen LogP contribution in [0.4, 0.5) is 5.69 Å². The monoisotopic (exact) mass is 315 g/mol. The second kappa shape index (κ2) is 6.05. The number of anilines is 1. The lowest BCUT2D eigenvalue weighted by molar-refractivity contribution is 0.371. The predicted molar refractivity (Wildman–Crippen MR) is 95.8 cm³/mol. The molecular formula is C18H25NO2Si. The van der Waals surface area contributed by atoms with Crippen molar-refractivity contribution in [1.82, 2.24) is 0 Å². The minimum absolute atomic E-state index is 0.331. The second-order valence-electron chi connectivity index (χ2n) is 6.59. The Bertz CT molecular complexity index is 678. The maximum Gasteiger partial charge on any atom is 0.125 e. The fraction of sp³-hybridized carbons (Fsp3) is 0.333. The molecule has 3 nitrogen and oxygen atoms in total. The Labute approximate surface area is 133 Å². The number of phenolic OH excluding ortho intramolecular Hbond substituents is 1. The molecule has 0 aliphatic carbocycles. The molecule has 4 heteroatoms. The highest BCUT2D eigenvalue weighted by Crippen LogP contribution is 2.32. The van der Waals surface area contributed by atoms with E-state index in [-0.39, 0.29) is 0 Å². The van der Waals surface area contributed by atoms with Gasteiger partial charge >= 0.3 is 0 Å². The topological polar surface area (TPSA) is 55.5 Å². The smallest absolute Gasteiger partial charge is 0.125 e. The number of hydrogen-bond donors (Lipinski definition) is 2. The van der Waals surface area contributed by atoms with Crippen LogP contribution in [0.2, 0.25) is 13.1 Å². The van der Waals surface area contributed by atoms with E-state index in [2.05, 4.69) is 25.2 Å². The van der Waals surface area contributed by atoms with Gasteiger partial charge in [0.15, 0.2) is 0 Å². The van der Waals surface area contributed by atoms with E-state index in [1.807, 2.05) is 32.9 Å². The van der Waals surface area contributed by atoms with E-state index in [1.54, 1.807) is 6.07 Å². The summed E-state index contributed by atoms with van der Waals surface area (Å²) in [5.74, 6) is 1.23. The Kier molecular flexibility index (Phi) is 4.51. The number of phenols is 1. The number of ether oxygens (including phenoxy) is 1. The van der Waals surface area contributed by atoms with Crippen molar-refractivity contribution in [1.29, 1.82) is 0 Å². The van der Waals surface area contributed by atoms with Crippen molar-refractivity contribution in [2.45, 2.75) is 33.9 Å². The van der Waals surface area contributed by atoms with Crippen LogP contribution in [-0.4, -0.2) is 19.4 Å². The molecule has 118 valence electrons. The van der Waals surface area contributed by atoms with Gasteiger partial charge in [-0.3, -0.25) is 0 Å². The molecule has 0 heterocycles. The Hall–Kier alpha value is -1.94. The standard InChI is InChI=1S/C18H25NO2Si/c1-12-10-17(20)13(2)14(3)18(12)21-11-22(4,5)16-8-6-15(19)7-9-16/h6-10,20H,11,19H2,1-5H3. The first kappa shape index (κ1) is 16.4. The van der Waals surface area contributed by atoms with Gasteiger partial charge in [-0.15, -0.1) is 0 Å². The van der Waals surface area contributed by atoms with E-state index in [1.165, 1.54) is 5.19 Å². The van der Waals surface area contributed by atoms with E-state index < -0.39 is 8.07 Å². The number of aromatic hydroxyl groups is 1. The van der Waals surface area contributed by atoms with E-state index in [9.17, 15) is 5.11 Å². The number of hydrogen-bond acceptors (Lipinski definition) is 3. The number of nitrogens with two attached hydrogens (primary N) is 1. The summed E-state index contributed by atoms with van der Waals surface area (Å²) in [4.78, 5) is 0. The summed E-state index contributed by atoms with van der Waals surface area (Å²) in [6.45, 7) is 10.5. The zero-order valence-electron chi connectivity index (χ0n) is 14.0. The molecule has 0 aliphatic rings. The zero-order valence-corrected chi connectivity index (χ0v) is 15.0. The number of nitrogen functional groups attached to an aromatic ring is 1. The van der Waals surface area contributed by atoms with Crippen LogP contribution >= 0.6 is 0 Å². The van der Waals surface area contributed by atoms with E-state index >= 15 is 0 Å². The summed E-state index contributed by atoms with van der Waals surface area (Å²) in [5, 5.41) is 11.2. The maximum atomic E-state index is 9.88. The van der Waals surface area contributed by atoms with Gasteiger partial charge in [-0.1, -0.05) is 30.4 Å². The molecule has 22 heavy (non-hydrogen) atoms. The predicted octanol–water partition coefficient (Wildman–Crippen LogP) is 3.43. The largest absolute Gasteiger partial charge is 0.508 e. The molecule has 0 amide bonds. The fourth-order valence-electron chi connectivity index (χ4n) is 2.53. The summed E-state index contributed by atoms with van der Waals surface area (Å²) < 4.78 is 6.17. The molecule has 2 rings (SSSR count). The zero-order chi connectivity index (χ0) is 16.5. The lowest BCUT2D eigenvalue weighted by Gasteiger charge is -2.25. The molecule has 0 unspecified atom stereocenters. The van der Waals surface area contributed by atoms with Gasteiger partial charge in [0.25, 0.3) is 0 Å². The first-order valence-corrected chi connectivity index (χ1v) is 10.7. The fourth-order valence-corrected chi connectivity index (χ4v) is 4.27. The molecule has 3 N–H and O–H groups in total. The highest BCUT2D eigenvalue weighted by atomic mass is 28.3. The lowest BCUT2D eigenvalue weighted by atomic mass is 10.0. The molecule has 2 aromatic carbocycles. The second-order valence-corrected chi connectivity index (χ2v) is 11.2. The summed E-state index contributed by atoms with van der Waals surface area (Å²) >= 11 is 0. The van der Waals surface area contributed by atoms with Gasteiger partial charge in [0.05, 0.1) is 6.23 Å². The van der Waals surface area contributed by atoms with Crippen molar-refractivity contribution in [3.05, 3.63) is 47.0 Å². The van der Waals surface area contributed by atoms with Crippen LogP contribution in [0.1, 0.15) is 16.7 Å². The van der Waals surface area contributed by atoms with Gasteiger partial charge in [-0.25, -0.2) is 0 Å². The molecule has 0 atom stereocenters. The molecule has 0 spiro atoms. The molecule has 0 saturated carbocycles. The third kappa shape index (κ3) is 3.27. The summed E-state index contributed by atoms with van der Waals surface area (Å²) in [5.41, 5.74) is 9.42. The van der Waals surface area contributed by atoms with Crippen molar-refractivity contribution in [2.75, 3.05) is 12.0 Å². The van der Waals surface area contributed by atoms with Crippen LogP contribution in [0, 0.1) is 20.8 Å². The van der Waals surface area contributed by atoms with Crippen molar-refractivity contribution in [3.63, 3.8) is 0 Å². The van der Waals surface area contributed by atoms with Crippen molar-refractivity contribution >= 4 is 18.9 Å². The van der Waals surface area contributed by atoms with Crippen molar-refractivity contribution < 1.29 is 9.84 Å². The quantitative estimate of drug-likeness (QED) is 0.671. The molecule has 0 bridgehead atoms. The van der Waals surface area contributed by atoms with Gasteiger partial charge in [-0.2, -0.15) is 0 Å². The summed E-state index contributed by atoms with van der Waals surface area (Å²) in [6.07, 6.45) is 0.697. The first-order chi connectivity index (χ1) is 10.2. The van der Waals surface area contributed by atoms with Gasteiger partial charge in [0, 0.05) is 5.69 Å². The van der Waals surface area contributed by atoms with Gasteiger partial charge < -0.3 is 15.6 Å². The Morgan fingerprint density at radius 1 is 1.05 bits per heavy atom. The molecule has 0 fully saturated rings. The van der Waals surface area contributed by atoms with Crippen LogP contribution < -0.4 is 15.7 Å². The molecule has 0 aromatic heterocycles. The van der Waals surface area contributed by atoms with Crippen molar-refractivity contribution in [2.24, 2.45) is 0 Å². The highest BCUT2D eigenvalue weighted by molar-refractivity contribution is 6.89. The van der Waals surface area contributed by atoms with Crippen LogP contribution in [0.3, 0.4) is 0 Å². The van der Waals surface area contributed by atoms with E-state index in [0.29, 0.717) is 12.0 Å². The van der Waals surface area contributed by atoms with Crippen LogP contribution in [-0.2, 0) is 0 Å². The van der Waals surface area contributed by atoms with Gasteiger partial charge in [0.2, 0.25) is 0 Å². The Balaban J connectivity index is 2.22. The third-order valence-electron chi connectivity index (χ3n) is 4.27. The Morgan fingerprint density at radius 2 is 1.64 bits per heavy atom. The Morgan fingerprint density at radius 3 is 2.23 bits per heavy atom. The normalized spacial score (nSPS) is 11.5. The number of rotatable bonds is 4. The highest BCUT2D eigenvalue weighted by Gasteiger charge is 2.25. The average molecular weight is 315 g/mol. The minimum atomic E-state index is -1.70. The molecular weight excluding hydrogens is 290 g/mol. The number of aryl methyl sites for hydroxylation is 1. The van der Waals surface area contributed by atoms with E-state index in [0.717, 1.165) is 28.1 Å².